The zero-order chi connectivity index (χ0) is 18.4. The molecule has 0 aliphatic carbocycles. The number of ether oxygens (including phenoxy) is 1. The molecule has 0 radical (unpaired) electrons. The lowest BCUT2D eigenvalue weighted by Gasteiger charge is -2.30. The number of nitrogens with two attached hydrogens (primary N) is 1. The fourth-order valence-electron chi connectivity index (χ4n) is 2.80. The molecule has 0 bridgehead atoms. The minimum atomic E-state index is -0.624. The van der Waals surface area contributed by atoms with Crippen molar-refractivity contribution >= 4 is 40.7 Å². The fraction of sp³-hybridized carbons (Fsp3) is 0.529. The molecule has 2 amide bonds. The van der Waals surface area contributed by atoms with Crippen LogP contribution in [0.4, 0.5) is 5.69 Å². The van der Waals surface area contributed by atoms with Crippen LogP contribution in [0.15, 0.2) is 18.2 Å². The second-order valence-corrected chi connectivity index (χ2v) is 6.79. The Kier molecular flexibility index (Phi) is 7.50. The number of hydrogen-bond donors (Lipinski definition) is 2. The smallest absolute Gasteiger partial charge is 0.244 e. The summed E-state index contributed by atoms with van der Waals surface area (Å²) >= 11 is 12.1. The maximum absolute atomic E-state index is 12.6. The Morgan fingerprint density at radius 2 is 1.92 bits per heavy atom. The van der Waals surface area contributed by atoms with Gasteiger partial charge in [0.1, 0.15) is 0 Å². The zero-order valence-electron chi connectivity index (χ0n) is 14.1. The molecule has 25 heavy (non-hydrogen) atoms. The topological polar surface area (TPSA) is 84.7 Å². The average Bonchev–Trinajstić information content (AvgIpc) is 2.62. The molecule has 2 rings (SSSR count). The van der Waals surface area contributed by atoms with Gasteiger partial charge in [-0.1, -0.05) is 29.3 Å². The maximum Gasteiger partial charge on any atom is 0.244 e. The summed E-state index contributed by atoms with van der Waals surface area (Å²) in [6.07, 6.45) is 1.51. The largest absolute Gasteiger partial charge is 0.381 e. The van der Waals surface area contributed by atoms with Gasteiger partial charge < -0.3 is 20.7 Å². The van der Waals surface area contributed by atoms with E-state index in [1.54, 1.807) is 18.2 Å². The van der Waals surface area contributed by atoms with Crippen LogP contribution < -0.4 is 11.1 Å². The van der Waals surface area contributed by atoms with Crippen molar-refractivity contribution in [3.63, 3.8) is 0 Å². The zero-order valence-corrected chi connectivity index (χ0v) is 15.6. The van der Waals surface area contributed by atoms with Gasteiger partial charge in [0.05, 0.1) is 28.3 Å². The van der Waals surface area contributed by atoms with Gasteiger partial charge in [0.15, 0.2) is 0 Å². The van der Waals surface area contributed by atoms with E-state index < -0.39 is 6.04 Å². The van der Waals surface area contributed by atoms with Crippen molar-refractivity contribution in [2.24, 2.45) is 11.7 Å². The summed E-state index contributed by atoms with van der Waals surface area (Å²) in [6.45, 7) is 3.32. The van der Waals surface area contributed by atoms with Crippen LogP contribution in [-0.2, 0) is 14.3 Å². The maximum atomic E-state index is 12.6. The van der Waals surface area contributed by atoms with Gasteiger partial charge >= 0.3 is 0 Å². The van der Waals surface area contributed by atoms with Gasteiger partial charge in [0.2, 0.25) is 11.8 Å². The Morgan fingerprint density at radius 3 is 2.48 bits per heavy atom. The molecule has 0 aromatic heterocycles. The number of anilines is 1. The molecule has 0 saturated carbocycles. The summed E-state index contributed by atoms with van der Waals surface area (Å²) < 4.78 is 5.30. The van der Waals surface area contributed by atoms with E-state index in [4.69, 9.17) is 33.7 Å². The molecule has 8 heteroatoms. The van der Waals surface area contributed by atoms with Gasteiger partial charge in [-0.2, -0.15) is 0 Å². The molecule has 3 N–H and O–H groups in total. The number of benzene rings is 1. The molecule has 1 fully saturated rings. The third-order valence-electron chi connectivity index (χ3n) is 4.31. The fourth-order valence-corrected chi connectivity index (χ4v) is 3.29. The van der Waals surface area contributed by atoms with Crippen LogP contribution in [0.25, 0.3) is 0 Å². The van der Waals surface area contributed by atoms with E-state index in [2.05, 4.69) is 5.32 Å². The number of para-hydroxylation sites is 1. The number of likely N-dealkylation sites (N-methyl/N-ethyl adjacent to an activating group) is 1. The first-order valence-electron chi connectivity index (χ1n) is 8.30. The average molecular weight is 388 g/mol. The molecule has 1 aromatic rings. The minimum absolute atomic E-state index is 0.0800. The van der Waals surface area contributed by atoms with Crippen molar-refractivity contribution in [3.05, 3.63) is 28.2 Å². The van der Waals surface area contributed by atoms with E-state index in [9.17, 15) is 9.59 Å². The van der Waals surface area contributed by atoms with Crippen LogP contribution in [0, 0.1) is 5.92 Å². The summed E-state index contributed by atoms with van der Waals surface area (Å²) in [5.41, 5.74) is 6.47. The third kappa shape index (κ3) is 5.31. The van der Waals surface area contributed by atoms with E-state index in [-0.39, 0.29) is 24.3 Å². The predicted molar refractivity (Wildman–Crippen MR) is 98.9 cm³/mol. The van der Waals surface area contributed by atoms with Crippen LogP contribution in [0.5, 0.6) is 0 Å². The molecule has 138 valence electrons. The number of carbonyl (C=O) groups is 2. The molecule has 1 unspecified atom stereocenters. The molecule has 1 heterocycles. The molecular weight excluding hydrogens is 365 g/mol. The summed E-state index contributed by atoms with van der Waals surface area (Å²) in [4.78, 5) is 26.4. The molecule has 1 atom stereocenters. The van der Waals surface area contributed by atoms with E-state index in [1.165, 1.54) is 4.90 Å². The van der Waals surface area contributed by atoms with Crippen LogP contribution in [0.2, 0.25) is 10.0 Å². The van der Waals surface area contributed by atoms with Crippen LogP contribution in [0.3, 0.4) is 0 Å². The summed E-state index contributed by atoms with van der Waals surface area (Å²) in [7, 11) is 0. The molecule has 1 aliphatic rings. The Labute approximate surface area is 157 Å². The minimum Gasteiger partial charge on any atom is -0.381 e. The lowest BCUT2D eigenvalue weighted by atomic mass is 9.91. The van der Waals surface area contributed by atoms with Gasteiger partial charge in [-0.25, -0.2) is 0 Å². The van der Waals surface area contributed by atoms with E-state index in [0.29, 0.717) is 35.5 Å². The normalized spacial score (nSPS) is 16.3. The van der Waals surface area contributed by atoms with Gasteiger partial charge in [0.25, 0.3) is 0 Å². The Morgan fingerprint density at radius 1 is 1.32 bits per heavy atom. The number of rotatable bonds is 6. The van der Waals surface area contributed by atoms with E-state index in [1.807, 2.05) is 6.92 Å². The van der Waals surface area contributed by atoms with Crippen molar-refractivity contribution in [1.29, 1.82) is 0 Å². The van der Waals surface area contributed by atoms with Crippen molar-refractivity contribution in [3.8, 4) is 0 Å². The number of amides is 2. The molecule has 1 saturated heterocycles. The van der Waals surface area contributed by atoms with Crippen LogP contribution in [0.1, 0.15) is 19.8 Å². The van der Waals surface area contributed by atoms with E-state index in [0.717, 1.165) is 12.8 Å². The SMILES string of the molecule is CCN(CC(=O)Nc1c(Cl)cccc1Cl)C(=O)C(N)C1CCOCC1. The van der Waals surface area contributed by atoms with Crippen molar-refractivity contribution in [1.82, 2.24) is 4.90 Å². The first kappa shape index (κ1) is 20.0. The Bertz CT molecular complexity index is 601. The highest BCUT2D eigenvalue weighted by atomic mass is 35.5. The quantitative estimate of drug-likeness (QED) is 0.785. The lowest BCUT2D eigenvalue weighted by Crippen LogP contribution is -2.50. The summed E-state index contributed by atoms with van der Waals surface area (Å²) in [6, 6.07) is 4.33. The van der Waals surface area contributed by atoms with Crippen LogP contribution in [-0.4, -0.2) is 49.1 Å². The Hall–Kier alpha value is -1.34. The highest BCUT2D eigenvalue weighted by Gasteiger charge is 2.30. The first-order valence-corrected chi connectivity index (χ1v) is 9.05. The molecule has 1 aromatic carbocycles. The van der Waals surface area contributed by atoms with Crippen molar-refractivity contribution in [2.75, 3.05) is 31.6 Å². The second-order valence-electron chi connectivity index (χ2n) is 5.97. The molecular formula is C17H23Cl2N3O3. The standard InChI is InChI=1S/C17H23Cl2N3O3/c1-2-22(17(24)15(20)11-6-8-25-9-7-11)10-14(23)21-16-12(18)4-3-5-13(16)19/h3-5,11,15H,2,6-10,20H2,1H3,(H,21,23). The Balaban J connectivity index is 1.98. The second kappa shape index (κ2) is 9.38. The van der Waals surface area contributed by atoms with Gasteiger partial charge in [0, 0.05) is 19.8 Å². The lowest BCUT2D eigenvalue weighted by molar-refractivity contribution is -0.137. The number of nitrogens with zero attached hydrogens (tertiary/aromatic N) is 1. The highest BCUT2D eigenvalue weighted by Crippen LogP contribution is 2.29. The number of nitrogens with one attached hydrogen (secondary N) is 1. The van der Waals surface area contributed by atoms with Crippen LogP contribution >= 0.6 is 23.2 Å². The highest BCUT2D eigenvalue weighted by molar-refractivity contribution is 6.39. The summed E-state index contributed by atoms with van der Waals surface area (Å²) in [5, 5.41) is 3.34. The predicted octanol–water partition coefficient (Wildman–Crippen LogP) is 2.53. The first-order chi connectivity index (χ1) is 11.9. The third-order valence-corrected chi connectivity index (χ3v) is 4.94. The van der Waals surface area contributed by atoms with Gasteiger partial charge in [-0.15, -0.1) is 0 Å². The van der Waals surface area contributed by atoms with Crippen molar-refractivity contribution in [2.45, 2.75) is 25.8 Å². The number of hydrogen-bond acceptors (Lipinski definition) is 4. The molecule has 6 nitrogen and oxygen atoms in total. The van der Waals surface area contributed by atoms with E-state index >= 15 is 0 Å². The van der Waals surface area contributed by atoms with Gasteiger partial charge in [-0.05, 0) is 37.8 Å². The van der Waals surface area contributed by atoms with Crippen molar-refractivity contribution < 1.29 is 14.3 Å². The number of halogens is 2. The molecule has 0 spiro atoms. The monoisotopic (exact) mass is 387 g/mol. The summed E-state index contributed by atoms with van der Waals surface area (Å²) in [5.74, 6) is -0.518. The van der Waals surface area contributed by atoms with Gasteiger partial charge in [-0.3, -0.25) is 9.59 Å². The molecule has 1 aliphatic heterocycles. The number of carbonyl (C=O) groups excluding carboxylic acids is 2.